The smallest absolute Gasteiger partial charge is 0.269 e. The monoisotopic (exact) mass is 339 g/mol. The zero-order chi connectivity index (χ0) is 17.4. The number of nitrogens with zero attached hydrogens (tertiary/aromatic N) is 3. The number of nitriles is 2. The van der Waals surface area contributed by atoms with Gasteiger partial charge in [-0.1, -0.05) is 30.3 Å². The second kappa shape index (κ2) is 8.83. The van der Waals surface area contributed by atoms with Crippen LogP contribution in [0.1, 0.15) is 18.9 Å². The quantitative estimate of drug-likeness (QED) is 0.745. The molecule has 0 aliphatic carbocycles. The molecule has 0 radical (unpaired) electrons. The van der Waals surface area contributed by atoms with Gasteiger partial charge in [-0.15, -0.1) is 11.3 Å². The second-order valence-corrected chi connectivity index (χ2v) is 5.96. The summed E-state index contributed by atoms with van der Waals surface area (Å²) < 4.78 is 7.71. The summed E-state index contributed by atoms with van der Waals surface area (Å²) in [5, 5.41) is 18.3. The number of benzene rings is 1. The lowest BCUT2D eigenvalue weighted by Gasteiger charge is -2.02. The van der Waals surface area contributed by atoms with Crippen molar-refractivity contribution in [2.45, 2.75) is 19.9 Å². The highest BCUT2D eigenvalue weighted by molar-refractivity contribution is 7.07. The Morgan fingerprint density at radius 2 is 2.00 bits per heavy atom. The van der Waals surface area contributed by atoms with E-state index in [2.05, 4.69) is 0 Å². The van der Waals surface area contributed by atoms with Crippen molar-refractivity contribution >= 4 is 23.0 Å². The van der Waals surface area contributed by atoms with Crippen molar-refractivity contribution in [2.75, 3.05) is 13.2 Å². The van der Waals surface area contributed by atoms with Crippen molar-refractivity contribution in [3.63, 3.8) is 0 Å². The predicted molar refractivity (Wildman–Crippen MR) is 93.6 cm³/mol. The van der Waals surface area contributed by atoms with Crippen molar-refractivity contribution in [3.8, 4) is 12.1 Å². The Morgan fingerprint density at radius 1 is 1.29 bits per heavy atom. The number of aromatic nitrogens is 1. The van der Waals surface area contributed by atoms with Crippen LogP contribution in [-0.4, -0.2) is 17.8 Å². The lowest BCUT2D eigenvalue weighted by molar-refractivity contribution is 0.141. The topological polar surface area (TPSA) is 78.8 Å². The fraction of sp³-hybridized carbons (Fsp3) is 0.278. The van der Waals surface area contributed by atoms with E-state index in [1.54, 1.807) is 6.08 Å². The first-order valence-corrected chi connectivity index (χ1v) is 8.41. The van der Waals surface area contributed by atoms with Gasteiger partial charge in [0.05, 0.1) is 4.53 Å². The van der Waals surface area contributed by atoms with E-state index in [0.29, 0.717) is 35.4 Å². The highest BCUT2D eigenvalue weighted by atomic mass is 32.1. The Bertz CT molecular complexity index is 927. The van der Waals surface area contributed by atoms with Crippen LogP contribution in [0.2, 0.25) is 0 Å². The normalized spacial score (nSPS) is 11.0. The van der Waals surface area contributed by atoms with Gasteiger partial charge < -0.3 is 4.74 Å². The summed E-state index contributed by atoms with van der Waals surface area (Å²) in [6.07, 6.45) is 2.42. The first kappa shape index (κ1) is 17.7. The molecule has 1 heterocycles. The van der Waals surface area contributed by atoms with Crippen LogP contribution in [-0.2, 0) is 11.3 Å². The molecule has 1 aromatic heterocycles. The van der Waals surface area contributed by atoms with E-state index in [1.165, 1.54) is 15.9 Å². The Hall–Kier alpha value is -2.67. The van der Waals surface area contributed by atoms with Gasteiger partial charge in [0.2, 0.25) is 0 Å². The zero-order valence-corrected chi connectivity index (χ0v) is 14.2. The first-order valence-electron chi connectivity index (χ1n) is 7.60. The Morgan fingerprint density at radius 3 is 2.62 bits per heavy atom. The average Bonchev–Trinajstić information content (AvgIpc) is 2.90. The highest BCUT2D eigenvalue weighted by Crippen LogP contribution is 1.99. The molecule has 122 valence electrons. The minimum absolute atomic E-state index is 0.0405. The maximum absolute atomic E-state index is 12.7. The van der Waals surface area contributed by atoms with E-state index in [4.69, 9.17) is 15.3 Å². The number of hydrogen-bond acceptors (Lipinski definition) is 5. The molecule has 0 aliphatic heterocycles. The van der Waals surface area contributed by atoms with Crippen LogP contribution in [0.25, 0.3) is 11.6 Å². The molecule has 0 spiro atoms. The number of ether oxygens (including phenoxy) is 1. The lowest BCUT2D eigenvalue weighted by Crippen LogP contribution is -2.32. The number of hydrogen-bond donors (Lipinski definition) is 0. The summed E-state index contributed by atoms with van der Waals surface area (Å²) in [4.78, 5) is 12.7. The van der Waals surface area contributed by atoms with Gasteiger partial charge in [0.25, 0.3) is 5.56 Å². The minimum atomic E-state index is -0.182. The van der Waals surface area contributed by atoms with E-state index < -0.39 is 0 Å². The third-order valence-electron chi connectivity index (χ3n) is 3.32. The maximum atomic E-state index is 12.7. The molecule has 0 amide bonds. The van der Waals surface area contributed by atoms with Gasteiger partial charge in [0, 0.05) is 19.8 Å². The van der Waals surface area contributed by atoms with Crippen LogP contribution in [0.15, 0.2) is 35.1 Å². The summed E-state index contributed by atoms with van der Waals surface area (Å²) in [5.41, 5.74) is 0.680. The van der Waals surface area contributed by atoms with Gasteiger partial charge in [-0.25, -0.2) is 0 Å². The Balaban J connectivity index is 2.55. The minimum Gasteiger partial charge on any atom is -0.382 e. The number of thiazole rings is 1. The predicted octanol–water partition coefficient (Wildman–Crippen LogP) is 1.36. The molecule has 6 heteroatoms. The molecule has 0 saturated heterocycles. The lowest BCUT2D eigenvalue weighted by atomic mass is 10.2. The van der Waals surface area contributed by atoms with Gasteiger partial charge in [-0.2, -0.15) is 10.5 Å². The third kappa shape index (κ3) is 4.20. The Kier molecular flexibility index (Phi) is 6.51. The van der Waals surface area contributed by atoms with Crippen LogP contribution >= 0.6 is 11.3 Å². The van der Waals surface area contributed by atoms with E-state index >= 15 is 0 Å². The van der Waals surface area contributed by atoms with E-state index in [1.807, 2.05) is 49.4 Å². The summed E-state index contributed by atoms with van der Waals surface area (Å²) in [6.45, 7) is 3.48. The summed E-state index contributed by atoms with van der Waals surface area (Å²) in [6, 6.07) is 13.2. The van der Waals surface area contributed by atoms with Gasteiger partial charge in [0.15, 0.2) is 5.57 Å². The molecule has 0 unspecified atom stereocenters. The Labute approximate surface area is 144 Å². The van der Waals surface area contributed by atoms with E-state index in [0.717, 1.165) is 5.56 Å². The molecule has 5 nitrogen and oxygen atoms in total. The molecule has 0 bridgehead atoms. The summed E-state index contributed by atoms with van der Waals surface area (Å²) >= 11 is 1.17. The van der Waals surface area contributed by atoms with E-state index in [-0.39, 0.29) is 11.1 Å². The first-order chi connectivity index (χ1) is 11.7. The number of rotatable bonds is 6. The summed E-state index contributed by atoms with van der Waals surface area (Å²) in [7, 11) is 0. The molecule has 1 aromatic carbocycles. The molecule has 0 saturated carbocycles. The standard InChI is InChI=1S/C18H17N3O2S/c1-2-23-10-6-9-21-17(22)16(11-14-7-4-3-5-8-14)24-18(21)15(12-19)13-20/h3-5,7-8,11H,2,6,9-10H2,1H3/b16-11+. The van der Waals surface area contributed by atoms with Crippen molar-refractivity contribution in [3.05, 3.63) is 55.4 Å². The average molecular weight is 339 g/mol. The highest BCUT2D eigenvalue weighted by Gasteiger charge is 2.09. The van der Waals surface area contributed by atoms with Crippen molar-refractivity contribution in [1.82, 2.24) is 4.57 Å². The third-order valence-corrected chi connectivity index (χ3v) is 4.45. The van der Waals surface area contributed by atoms with Crippen molar-refractivity contribution in [1.29, 1.82) is 10.5 Å². The molecule has 2 aromatic rings. The fourth-order valence-electron chi connectivity index (χ4n) is 2.20. The largest absolute Gasteiger partial charge is 0.382 e. The zero-order valence-electron chi connectivity index (χ0n) is 13.4. The van der Waals surface area contributed by atoms with Crippen LogP contribution < -0.4 is 14.8 Å². The molecule has 0 fully saturated rings. The van der Waals surface area contributed by atoms with Gasteiger partial charge >= 0.3 is 0 Å². The van der Waals surface area contributed by atoms with Gasteiger partial charge in [-0.05, 0) is 25.0 Å². The van der Waals surface area contributed by atoms with Gasteiger partial charge in [-0.3, -0.25) is 9.36 Å². The molecule has 0 N–H and O–H groups in total. The molecule has 0 atom stereocenters. The SMILES string of the molecule is CCOCCCn1c(=C(C#N)C#N)s/c(=C/c2ccccc2)c1=O. The van der Waals surface area contributed by atoms with Crippen LogP contribution in [0.3, 0.4) is 0 Å². The van der Waals surface area contributed by atoms with Crippen LogP contribution in [0.4, 0.5) is 0 Å². The second-order valence-electron chi connectivity index (χ2n) is 4.93. The molecule has 2 rings (SSSR count). The van der Waals surface area contributed by atoms with Crippen molar-refractivity contribution < 1.29 is 4.74 Å². The van der Waals surface area contributed by atoms with Crippen LogP contribution in [0.5, 0.6) is 0 Å². The molecule has 0 aliphatic rings. The van der Waals surface area contributed by atoms with E-state index in [9.17, 15) is 4.79 Å². The maximum Gasteiger partial charge on any atom is 0.269 e. The fourth-order valence-corrected chi connectivity index (χ4v) is 3.28. The van der Waals surface area contributed by atoms with Crippen molar-refractivity contribution in [2.24, 2.45) is 0 Å². The van der Waals surface area contributed by atoms with Crippen LogP contribution in [0, 0.1) is 22.7 Å². The summed E-state index contributed by atoms with van der Waals surface area (Å²) in [5.74, 6) is 0. The van der Waals surface area contributed by atoms with Gasteiger partial charge in [0.1, 0.15) is 16.8 Å². The molecular weight excluding hydrogens is 322 g/mol. The molecular formula is C18H17N3O2S. The molecule has 24 heavy (non-hydrogen) atoms.